The quantitative estimate of drug-likeness (QED) is 0.705. The Kier molecular flexibility index (Phi) is 9.41. The summed E-state index contributed by atoms with van der Waals surface area (Å²) in [4.78, 5) is 8.52. The molecule has 0 bridgehead atoms. The summed E-state index contributed by atoms with van der Waals surface area (Å²) in [6.45, 7) is 8.98. The van der Waals surface area contributed by atoms with Crippen LogP contribution in [0.5, 0.6) is 5.88 Å². The third-order valence-corrected chi connectivity index (χ3v) is 4.64. The maximum atomic E-state index is 6.00. The van der Waals surface area contributed by atoms with E-state index in [1.165, 1.54) is 6.42 Å². The molecule has 2 heterocycles. The fourth-order valence-corrected chi connectivity index (χ4v) is 2.51. The molecule has 2 unspecified atom stereocenters. The van der Waals surface area contributed by atoms with Crippen LogP contribution in [0.15, 0.2) is 18.5 Å². The number of aromatic nitrogens is 2. The molecule has 0 saturated carbocycles. The number of nitrogens with zero attached hydrogens (tertiary/aromatic N) is 2. The van der Waals surface area contributed by atoms with Gasteiger partial charge in [0.1, 0.15) is 5.15 Å². The van der Waals surface area contributed by atoms with E-state index in [0.717, 1.165) is 22.8 Å². The molecule has 2 aromatic heterocycles. The van der Waals surface area contributed by atoms with Crippen LogP contribution < -0.4 is 10.5 Å². The van der Waals surface area contributed by atoms with Crippen molar-refractivity contribution >= 4 is 34.1 Å². The summed E-state index contributed by atoms with van der Waals surface area (Å²) in [5.41, 5.74) is 6.93. The minimum absolute atomic E-state index is 0.121. The van der Waals surface area contributed by atoms with E-state index in [2.05, 4.69) is 37.0 Å². The molecule has 24 heavy (non-hydrogen) atoms. The summed E-state index contributed by atoms with van der Waals surface area (Å²) in [5, 5.41) is 2.81. The van der Waals surface area contributed by atoms with Gasteiger partial charge in [-0.25, -0.2) is 9.97 Å². The highest BCUT2D eigenvalue weighted by Gasteiger charge is 2.13. The zero-order valence-corrected chi connectivity index (χ0v) is 16.7. The average molecular weight is 370 g/mol. The first-order valence-corrected chi connectivity index (χ1v) is 9.96. The fourth-order valence-electron chi connectivity index (χ4n) is 2.02. The lowest BCUT2D eigenvalue weighted by molar-refractivity contribution is 0.303. The predicted octanol–water partition coefficient (Wildman–Crippen LogP) is 5.24. The smallest absolute Gasteiger partial charge is 0.222 e. The molecular weight excluding hydrogens is 342 g/mol. The predicted molar refractivity (Wildman–Crippen MR) is 106 cm³/mol. The SMILES string of the molecule is CCC.CSC(C)CCOc1ncc(C(C)N)c2cc(Cl)ncc12. The van der Waals surface area contributed by atoms with Crippen LogP contribution in [0.2, 0.25) is 5.15 Å². The molecule has 0 aliphatic rings. The van der Waals surface area contributed by atoms with Crippen LogP contribution in [0.1, 0.15) is 52.1 Å². The van der Waals surface area contributed by atoms with Crippen LogP contribution in [0.3, 0.4) is 0 Å². The molecule has 134 valence electrons. The summed E-state index contributed by atoms with van der Waals surface area (Å²) in [6.07, 6.45) is 7.78. The minimum atomic E-state index is -0.121. The average Bonchev–Trinajstić information content (AvgIpc) is 2.54. The Morgan fingerprint density at radius 3 is 2.46 bits per heavy atom. The molecule has 0 radical (unpaired) electrons. The molecule has 0 aromatic carbocycles. The van der Waals surface area contributed by atoms with E-state index in [9.17, 15) is 0 Å². The Morgan fingerprint density at radius 1 is 1.21 bits per heavy atom. The van der Waals surface area contributed by atoms with Gasteiger partial charge < -0.3 is 10.5 Å². The molecule has 2 rings (SSSR count). The number of nitrogens with two attached hydrogens (primary N) is 1. The highest BCUT2D eigenvalue weighted by molar-refractivity contribution is 7.99. The van der Waals surface area contributed by atoms with Gasteiger partial charge in [-0.3, -0.25) is 0 Å². The van der Waals surface area contributed by atoms with Crippen molar-refractivity contribution in [3.05, 3.63) is 29.2 Å². The molecule has 6 heteroatoms. The van der Waals surface area contributed by atoms with Crippen molar-refractivity contribution < 1.29 is 4.74 Å². The van der Waals surface area contributed by atoms with Crippen LogP contribution in [-0.4, -0.2) is 28.1 Å². The highest BCUT2D eigenvalue weighted by atomic mass is 35.5. The number of thioether (sulfide) groups is 1. The van der Waals surface area contributed by atoms with Crippen LogP contribution in [0, 0.1) is 0 Å². The van der Waals surface area contributed by atoms with Gasteiger partial charge in [0.2, 0.25) is 5.88 Å². The lowest BCUT2D eigenvalue weighted by Crippen LogP contribution is -2.09. The van der Waals surface area contributed by atoms with Crippen molar-refractivity contribution in [3.8, 4) is 5.88 Å². The van der Waals surface area contributed by atoms with Gasteiger partial charge in [-0.15, -0.1) is 0 Å². The van der Waals surface area contributed by atoms with Crippen molar-refractivity contribution in [2.24, 2.45) is 5.73 Å². The van der Waals surface area contributed by atoms with Crippen molar-refractivity contribution in [2.75, 3.05) is 12.9 Å². The summed E-state index contributed by atoms with van der Waals surface area (Å²) in [6, 6.07) is 1.69. The summed E-state index contributed by atoms with van der Waals surface area (Å²) in [5.74, 6) is 0.590. The van der Waals surface area contributed by atoms with E-state index >= 15 is 0 Å². The van der Waals surface area contributed by atoms with Gasteiger partial charge in [-0.2, -0.15) is 11.8 Å². The zero-order chi connectivity index (χ0) is 18.1. The maximum Gasteiger partial charge on any atom is 0.222 e. The van der Waals surface area contributed by atoms with Gasteiger partial charge in [0, 0.05) is 23.7 Å². The molecular formula is C18H28ClN3OS. The van der Waals surface area contributed by atoms with Gasteiger partial charge in [0.05, 0.1) is 12.0 Å². The number of hydrogen-bond acceptors (Lipinski definition) is 5. The number of hydrogen-bond donors (Lipinski definition) is 1. The first-order chi connectivity index (χ1) is 11.4. The Balaban J connectivity index is 0.000000891. The Labute approximate surface area is 154 Å². The molecule has 0 amide bonds. The van der Waals surface area contributed by atoms with E-state index in [4.69, 9.17) is 22.1 Å². The third-order valence-electron chi connectivity index (χ3n) is 3.39. The maximum absolute atomic E-state index is 6.00. The molecule has 0 saturated heterocycles. The molecule has 0 aliphatic heterocycles. The van der Waals surface area contributed by atoms with E-state index in [-0.39, 0.29) is 6.04 Å². The second kappa shape index (κ2) is 10.7. The van der Waals surface area contributed by atoms with E-state index in [1.54, 1.807) is 12.4 Å². The first-order valence-electron chi connectivity index (χ1n) is 8.29. The van der Waals surface area contributed by atoms with Crippen LogP contribution >= 0.6 is 23.4 Å². The molecule has 2 atom stereocenters. The van der Waals surface area contributed by atoms with Gasteiger partial charge >= 0.3 is 0 Å². The molecule has 4 nitrogen and oxygen atoms in total. The molecule has 2 N–H and O–H groups in total. The van der Waals surface area contributed by atoms with E-state index < -0.39 is 0 Å². The number of rotatable bonds is 6. The summed E-state index contributed by atoms with van der Waals surface area (Å²) >= 11 is 7.82. The van der Waals surface area contributed by atoms with Gasteiger partial charge in [-0.05, 0) is 36.6 Å². The Hall–Kier alpha value is -1.04. The summed E-state index contributed by atoms with van der Waals surface area (Å²) < 4.78 is 5.82. The lowest BCUT2D eigenvalue weighted by atomic mass is 10.0. The Morgan fingerprint density at radius 2 is 1.88 bits per heavy atom. The minimum Gasteiger partial charge on any atom is -0.477 e. The van der Waals surface area contributed by atoms with E-state index in [1.807, 2.05) is 24.8 Å². The largest absolute Gasteiger partial charge is 0.477 e. The summed E-state index contributed by atoms with van der Waals surface area (Å²) in [7, 11) is 0. The zero-order valence-electron chi connectivity index (χ0n) is 15.2. The van der Waals surface area contributed by atoms with Crippen LogP contribution in [0.4, 0.5) is 0 Å². The first kappa shape index (κ1) is 21.0. The molecule has 2 aromatic rings. The van der Waals surface area contributed by atoms with Crippen molar-refractivity contribution in [1.82, 2.24) is 9.97 Å². The normalized spacial score (nSPS) is 13.1. The van der Waals surface area contributed by atoms with Crippen molar-refractivity contribution in [3.63, 3.8) is 0 Å². The van der Waals surface area contributed by atoms with Gasteiger partial charge in [-0.1, -0.05) is 38.8 Å². The van der Waals surface area contributed by atoms with Gasteiger partial charge in [0.15, 0.2) is 0 Å². The van der Waals surface area contributed by atoms with Crippen molar-refractivity contribution in [1.29, 1.82) is 0 Å². The van der Waals surface area contributed by atoms with Crippen molar-refractivity contribution in [2.45, 2.75) is 51.8 Å². The number of pyridine rings is 2. The lowest BCUT2D eigenvalue weighted by Gasteiger charge is -2.14. The van der Waals surface area contributed by atoms with E-state index in [0.29, 0.717) is 22.9 Å². The Bertz CT molecular complexity index is 637. The second-order valence-electron chi connectivity index (χ2n) is 5.75. The van der Waals surface area contributed by atoms with Gasteiger partial charge in [0.25, 0.3) is 0 Å². The van der Waals surface area contributed by atoms with Crippen LogP contribution in [0.25, 0.3) is 10.8 Å². The molecule has 0 spiro atoms. The third kappa shape index (κ3) is 6.11. The number of halogens is 1. The standard InChI is InChI=1S/C15H20ClN3OS.C3H8/c1-9(21-3)4-5-20-15-13-8-18-14(16)6-11(13)12(7-19-15)10(2)17;1-3-2/h6-10H,4-5,17H2,1-3H3;3H2,1-2H3. The molecule has 0 fully saturated rings. The molecule has 0 aliphatic carbocycles. The van der Waals surface area contributed by atoms with Crippen LogP contribution in [-0.2, 0) is 0 Å². The monoisotopic (exact) mass is 369 g/mol. The topological polar surface area (TPSA) is 61.0 Å². The fraction of sp³-hybridized carbons (Fsp3) is 0.556. The highest BCUT2D eigenvalue weighted by Crippen LogP contribution is 2.30. The number of fused-ring (bicyclic) bond motifs is 1. The number of ether oxygens (including phenoxy) is 1. The second-order valence-corrected chi connectivity index (χ2v) is 7.41.